The molecule has 0 spiro atoms. The summed E-state index contributed by atoms with van der Waals surface area (Å²) in [5, 5.41) is 3.53. The molecule has 2 atom stereocenters. The average molecular weight is 557 g/mol. The third kappa shape index (κ3) is 7.38. The highest BCUT2D eigenvalue weighted by Gasteiger charge is 2.31. The molecule has 216 valence electrons. The molecule has 2 unspecified atom stereocenters. The smallest absolute Gasteiger partial charge is 0.409 e. The van der Waals surface area contributed by atoms with Gasteiger partial charge in [-0.05, 0) is 38.3 Å². The zero-order valence-electron chi connectivity index (χ0n) is 22.9. The normalized spacial score (nSPS) is 17.8. The van der Waals surface area contributed by atoms with E-state index in [0.717, 1.165) is 18.2 Å². The molecule has 4 rings (SSSR count). The molecule has 1 aromatic carbocycles. The van der Waals surface area contributed by atoms with Crippen molar-refractivity contribution < 1.29 is 38.1 Å². The average Bonchev–Trinajstić information content (AvgIpc) is 3.51. The van der Waals surface area contributed by atoms with Gasteiger partial charge in [-0.1, -0.05) is 12.1 Å². The number of carbonyl (C=O) groups is 4. The number of pyridine rings is 1. The molecule has 12 heteroatoms. The molecule has 3 amide bonds. The molecule has 0 bridgehead atoms. The Morgan fingerprint density at radius 1 is 1.12 bits per heavy atom. The maximum absolute atomic E-state index is 13.5. The van der Waals surface area contributed by atoms with Gasteiger partial charge in [-0.25, -0.2) is 9.78 Å². The van der Waals surface area contributed by atoms with E-state index in [1.54, 1.807) is 24.0 Å². The van der Waals surface area contributed by atoms with E-state index >= 15 is 0 Å². The molecule has 2 fully saturated rings. The lowest BCUT2D eigenvalue weighted by Gasteiger charge is -2.36. The summed E-state index contributed by atoms with van der Waals surface area (Å²) in [5.74, 6) is -0.913. The molecule has 0 saturated carbocycles. The monoisotopic (exact) mass is 556 g/mol. The lowest BCUT2D eigenvalue weighted by Crippen LogP contribution is -2.56. The zero-order valence-corrected chi connectivity index (χ0v) is 22.9. The van der Waals surface area contributed by atoms with Crippen LogP contribution in [0, 0.1) is 0 Å². The first-order valence-electron chi connectivity index (χ1n) is 13.6. The van der Waals surface area contributed by atoms with Crippen LogP contribution in [0.1, 0.15) is 43.1 Å². The largest absolute Gasteiger partial charge is 0.490 e. The minimum Gasteiger partial charge on any atom is -0.490 e. The fourth-order valence-electron chi connectivity index (χ4n) is 4.74. The number of aromatic nitrogens is 1. The van der Waals surface area contributed by atoms with Crippen LogP contribution in [0.4, 0.5) is 4.79 Å². The minimum absolute atomic E-state index is 0.00572. The van der Waals surface area contributed by atoms with Crippen molar-refractivity contribution in [2.45, 2.75) is 44.8 Å². The van der Waals surface area contributed by atoms with Crippen LogP contribution in [0.3, 0.4) is 0 Å². The number of benzene rings is 1. The van der Waals surface area contributed by atoms with Gasteiger partial charge in [-0.3, -0.25) is 14.4 Å². The number of hydrogen-bond acceptors (Lipinski definition) is 9. The van der Waals surface area contributed by atoms with Gasteiger partial charge in [-0.2, -0.15) is 0 Å². The highest BCUT2D eigenvalue weighted by atomic mass is 16.6. The topological polar surface area (TPSA) is 137 Å². The Bertz CT molecular complexity index is 1210. The number of esters is 1. The molecular weight excluding hydrogens is 520 g/mol. The first-order valence-corrected chi connectivity index (χ1v) is 13.6. The minimum atomic E-state index is -0.995. The van der Waals surface area contributed by atoms with E-state index < -0.39 is 24.0 Å². The number of para-hydroxylation sites is 1. The van der Waals surface area contributed by atoms with Crippen LogP contribution in [-0.2, 0) is 23.8 Å². The van der Waals surface area contributed by atoms with Gasteiger partial charge in [0.25, 0.3) is 5.91 Å². The third-order valence-corrected chi connectivity index (χ3v) is 6.95. The Labute approximate surface area is 232 Å². The Hall–Kier alpha value is -3.93. The van der Waals surface area contributed by atoms with Crippen LogP contribution in [0.2, 0.25) is 0 Å². The van der Waals surface area contributed by atoms with E-state index in [0.29, 0.717) is 37.6 Å². The zero-order chi connectivity index (χ0) is 28.5. The van der Waals surface area contributed by atoms with Crippen molar-refractivity contribution in [3.63, 3.8) is 0 Å². The van der Waals surface area contributed by atoms with Gasteiger partial charge in [0.1, 0.15) is 24.1 Å². The summed E-state index contributed by atoms with van der Waals surface area (Å²) in [6.45, 7) is 4.22. The molecule has 12 nitrogen and oxygen atoms in total. The number of methoxy groups -OCH3 is 1. The molecule has 3 heterocycles. The van der Waals surface area contributed by atoms with Crippen LogP contribution in [-0.4, -0.2) is 104 Å². The SMILES string of the molecule is CCOC(=O)N1CCN(C(=O)C(CCC(=O)OC)NC(=O)c2cc(OCC3CCCO3)c3ccccc3n2)CC1. The van der Waals surface area contributed by atoms with Crippen molar-refractivity contribution in [1.82, 2.24) is 20.1 Å². The highest BCUT2D eigenvalue weighted by Crippen LogP contribution is 2.27. The summed E-state index contributed by atoms with van der Waals surface area (Å²) in [6.07, 6.45) is 1.45. The number of nitrogens with zero attached hydrogens (tertiary/aromatic N) is 3. The number of piperazine rings is 1. The summed E-state index contributed by atoms with van der Waals surface area (Å²) in [4.78, 5) is 58.4. The van der Waals surface area contributed by atoms with Crippen molar-refractivity contribution in [3.05, 3.63) is 36.0 Å². The van der Waals surface area contributed by atoms with Crippen molar-refractivity contribution in [3.8, 4) is 5.75 Å². The van der Waals surface area contributed by atoms with Gasteiger partial charge in [0.15, 0.2) is 0 Å². The Kier molecular flexibility index (Phi) is 10.1. The summed E-state index contributed by atoms with van der Waals surface area (Å²) in [6, 6.07) is 7.91. The van der Waals surface area contributed by atoms with Crippen LogP contribution in [0.25, 0.3) is 10.9 Å². The fourth-order valence-corrected chi connectivity index (χ4v) is 4.74. The van der Waals surface area contributed by atoms with E-state index in [9.17, 15) is 19.2 Å². The van der Waals surface area contributed by atoms with E-state index in [1.165, 1.54) is 12.0 Å². The number of rotatable bonds is 10. The Balaban J connectivity index is 1.49. The number of fused-ring (bicyclic) bond motifs is 1. The summed E-state index contributed by atoms with van der Waals surface area (Å²) in [5.41, 5.74) is 0.661. The van der Waals surface area contributed by atoms with Gasteiger partial charge in [0.2, 0.25) is 5.91 Å². The molecule has 0 radical (unpaired) electrons. The second-order valence-electron chi connectivity index (χ2n) is 9.62. The van der Waals surface area contributed by atoms with Crippen LogP contribution >= 0.6 is 0 Å². The first kappa shape index (κ1) is 29.1. The number of hydrogen-bond donors (Lipinski definition) is 1. The van der Waals surface area contributed by atoms with Gasteiger partial charge in [-0.15, -0.1) is 0 Å². The predicted molar refractivity (Wildman–Crippen MR) is 144 cm³/mol. The predicted octanol–water partition coefficient (Wildman–Crippen LogP) is 2.14. The molecule has 1 N–H and O–H groups in total. The summed E-state index contributed by atoms with van der Waals surface area (Å²) >= 11 is 0. The molecule has 1 aromatic heterocycles. The van der Waals surface area contributed by atoms with Gasteiger partial charge >= 0.3 is 12.1 Å². The lowest BCUT2D eigenvalue weighted by atomic mass is 10.1. The second kappa shape index (κ2) is 13.9. The Morgan fingerprint density at radius 3 is 2.58 bits per heavy atom. The molecule has 2 saturated heterocycles. The molecular formula is C28H36N4O8. The molecule has 2 aromatic rings. The molecule has 0 aliphatic carbocycles. The number of amides is 3. The number of carbonyl (C=O) groups excluding carboxylic acids is 4. The molecule has 2 aliphatic rings. The second-order valence-corrected chi connectivity index (χ2v) is 9.62. The van der Waals surface area contributed by atoms with Gasteiger partial charge < -0.3 is 34.1 Å². The van der Waals surface area contributed by atoms with Crippen molar-refractivity contribution in [1.29, 1.82) is 0 Å². The summed E-state index contributed by atoms with van der Waals surface area (Å²) in [7, 11) is 1.27. The van der Waals surface area contributed by atoms with E-state index in [2.05, 4.69) is 10.3 Å². The first-order chi connectivity index (χ1) is 19.4. The van der Waals surface area contributed by atoms with Crippen molar-refractivity contribution in [2.75, 3.05) is 53.1 Å². The maximum Gasteiger partial charge on any atom is 0.409 e. The van der Waals surface area contributed by atoms with Gasteiger partial charge in [0.05, 0.1) is 25.3 Å². The van der Waals surface area contributed by atoms with Crippen LogP contribution in [0.15, 0.2) is 30.3 Å². The highest BCUT2D eigenvalue weighted by molar-refractivity contribution is 5.99. The standard InChI is InChI=1S/C28H36N4O8/c1-3-38-28(36)32-14-12-31(13-15-32)27(35)22(10-11-25(33)37-2)30-26(34)23-17-24(40-18-19-7-6-16-39-19)20-8-4-5-9-21(20)29-23/h4-5,8-9,17,19,22H,3,6-7,10-16,18H2,1-2H3,(H,30,34). The van der Waals surface area contributed by atoms with Crippen LogP contribution < -0.4 is 10.1 Å². The molecule has 40 heavy (non-hydrogen) atoms. The van der Waals surface area contributed by atoms with E-state index in [1.807, 2.05) is 18.2 Å². The fraction of sp³-hybridized carbons (Fsp3) is 0.536. The third-order valence-electron chi connectivity index (χ3n) is 6.95. The quantitative estimate of drug-likeness (QED) is 0.437. The Morgan fingerprint density at radius 2 is 1.88 bits per heavy atom. The lowest BCUT2D eigenvalue weighted by molar-refractivity contribution is -0.141. The van der Waals surface area contributed by atoms with E-state index in [4.69, 9.17) is 18.9 Å². The van der Waals surface area contributed by atoms with Crippen molar-refractivity contribution >= 4 is 34.8 Å². The summed E-state index contributed by atoms with van der Waals surface area (Å²) < 4.78 is 21.5. The maximum atomic E-state index is 13.5. The number of ether oxygens (including phenoxy) is 4. The molecule has 2 aliphatic heterocycles. The van der Waals surface area contributed by atoms with Gasteiger partial charge in [0, 0.05) is 50.7 Å². The van der Waals surface area contributed by atoms with Crippen molar-refractivity contribution in [2.24, 2.45) is 0 Å². The number of nitrogens with one attached hydrogen (secondary N) is 1. The van der Waals surface area contributed by atoms with Crippen LogP contribution in [0.5, 0.6) is 5.75 Å². The van der Waals surface area contributed by atoms with E-state index in [-0.39, 0.29) is 50.2 Å².